The number of aryl methyl sites for hydroxylation is 1. The Morgan fingerprint density at radius 3 is 1.75 bits per heavy atom. The number of amides is 2. The summed E-state index contributed by atoms with van der Waals surface area (Å²) in [7, 11) is 0. The molecular formula is C40H65N3O9. The predicted molar refractivity (Wildman–Crippen MR) is 205 cm³/mol. The summed E-state index contributed by atoms with van der Waals surface area (Å²) < 4.78 is 21.5. The van der Waals surface area contributed by atoms with Crippen LogP contribution < -0.4 is 25.8 Å². The number of ether oxygens (including phenoxy) is 4. The molecule has 0 saturated heterocycles. The first-order chi connectivity index (χ1) is 24.5. The SMILES string of the molecule is CC[C@@H](C#Cc1ccccc1OCCO)NC(=O)OC(C)(C)C.CC[C@@H](CCc1ccccc1OCCO)NC(=O)OC(C)(C)C.CC[C@H](N)CO. The van der Waals surface area contributed by atoms with Gasteiger partial charge in [-0.1, -0.05) is 62.9 Å². The number of hydrogen-bond acceptors (Lipinski definition) is 10. The van der Waals surface area contributed by atoms with Crippen LogP contribution in [0.5, 0.6) is 11.5 Å². The maximum Gasteiger partial charge on any atom is 0.408 e. The number of nitrogens with one attached hydrogen (secondary N) is 2. The molecule has 2 aromatic rings. The Morgan fingerprint density at radius 2 is 1.27 bits per heavy atom. The average Bonchev–Trinajstić information content (AvgIpc) is 3.09. The average molecular weight is 732 g/mol. The molecule has 0 saturated carbocycles. The van der Waals surface area contributed by atoms with E-state index in [1.165, 1.54) is 0 Å². The van der Waals surface area contributed by atoms with E-state index in [1.807, 2.05) is 105 Å². The fraction of sp³-hybridized carbons (Fsp3) is 0.600. The number of aliphatic hydroxyl groups is 3. The Morgan fingerprint density at radius 1 is 0.750 bits per heavy atom. The molecule has 0 aliphatic rings. The van der Waals surface area contributed by atoms with Crippen LogP contribution in [-0.2, 0) is 15.9 Å². The van der Waals surface area contributed by atoms with Crippen LogP contribution in [0.2, 0.25) is 0 Å². The number of para-hydroxylation sites is 2. The Labute approximate surface area is 311 Å². The molecule has 0 aliphatic carbocycles. The lowest BCUT2D eigenvalue weighted by molar-refractivity contribution is 0.0494. The highest BCUT2D eigenvalue weighted by molar-refractivity contribution is 5.69. The van der Waals surface area contributed by atoms with Gasteiger partial charge in [0.1, 0.15) is 35.9 Å². The van der Waals surface area contributed by atoms with Crippen molar-refractivity contribution in [3.63, 3.8) is 0 Å². The van der Waals surface area contributed by atoms with Crippen molar-refractivity contribution in [2.24, 2.45) is 5.73 Å². The van der Waals surface area contributed by atoms with Crippen LogP contribution in [0.25, 0.3) is 0 Å². The second-order valence-electron chi connectivity index (χ2n) is 13.8. The van der Waals surface area contributed by atoms with Gasteiger partial charge in [0.2, 0.25) is 0 Å². The van der Waals surface area contributed by atoms with Gasteiger partial charge in [-0.2, -0.15) is 0 Å². The van der Waals surface area contributed by atoms with E-state index in [1.54, 1.807) is 6.07 Å². The normalized spacial score (nSPS) is 12.5. The molecule has 2 aromatic carbocycles. The first-order valence-electron chi connectivity index (χ1n) is 18.0. The molecule has 12 nitrogen and oxygen atoms in total. The molecule has 0 radical (unpaired) electrons. The molecule has 0 heterocycles. The van der Waals surface area contributed by atoms with Gasteiger partial charge in [0.25, 0.3) is 0 Å². The predicted octanol–water partition coefficient (Wildman–Crippen LogP) is 5.72. The van der Waals surface area contributed by atoms with Gasteiger partial charge in [-0.15, -0.1) is 0 Å². The van der Waals surface area contributed by atoms with Crippen molar-refractivity contribution >= 4 is 12.2 Å². The van der Waals surface area contributed by atoms with Gasteiger partial charge in [-0.05, 0) is 97.4 Å². The Balaban J connectivity index is 0.000000864. The highest BCUT2D eigenvalue weighted by Crippen LogP contribution is 2.21. The molecule has 3 atom stereocenters. The molecular weight excluding hydrogens is 666 g/mol. The Hall–Kier alpha value is -4.02. The number of rotatable bonds is 15. The van der Waals surface area contributed by atoms with E-state index < -0.39 is 17.3 Å². The number of carbonyl (C=O) groups is 2. The van der Waals surface area contributed by atoms with E-state index >= 15 is 0 Å². The van der Waals surface area contributed by atoms with Crippen molar-refractivity contribution in [3.8, 4) is 23.3 Å². The molecule has 0 spiro atoms. The van der Waals surface area contributed by atoms with Crippen LogP contribution in [0.3, 0.4) is 0 Å². The summed E-state index contributed by atoms with van der Waals surface area (Å²) in [4.78, 5) is 23.7. The smallest absolute Gasteiger partial charge is 0.408 e. The summed E-state index contributed by atoms with van der Waals surface area (Å²) in [5.74, 6) is 7.43. The number of nitrogens with two attached hydrogens (primary N) is 1. The van der Waals surface area contributed by atoms with Gasteiger partial charge in [0.05, 0.1) is 31.4 Å². The number of benzene rings is 2. The lowest BCUT2D eigenvalue weighted by Crippen LogP contribution is -2.39. The summed E-state index contributed by atoms with van der Waals surface area (Å²) in [5.41, 5.74) is 5.98. The molecule has 7 N–H and O–H groups in total. The Bertz CT molecular complexity index is 1330. The van der Waals surface area contributed by atoms with E-state index in [4.69, 9.17) is 40.0 Å². The van der Waals surface area contributed by atoms with Crippen LogP contribution in [-0.4, -0.2) is 89.9 Å². The third-order valence-corrected chi connectivity index (χ3v) is 6.77. The summed E-state index contributed by atoms with van der Waals surface area (Å²) in [6.07, 6.45) is 3.07. The maximum absolute atomic E-state index is 11.9. The first-order valence-corrected chi connectivity index (χ1v) is 18.0. The van der Waals surface area contributed by atoms with Crippen LogP contribution in [0, 0.1) is 11.8 Å². The minimum Gasteiger partial charge on any atom is -0.491 e. The van der Waals surface area contributed by atoms with E-state index in [-0.39, 0.29) is 57.3 Å². The molecule has 0 unspecified atom stereocenters. The summed E-state index contributed by atoms with van der Waals surface area (Å²) in [5, 5.41) is 31.6. The molecule has 2 rings (SSSR count). The number of carbonyl (C=O) groups excluding carboxylic acids is 2. The molecule has 0 aliphatic heterocycles. The lowest BCUT2D eigenvalue weighted by atomic mass is 10.0. The fourth-order valence-electron chi connectivity index (χ4n) is 4.02. The zero-order chi connectivity index (χ0) is 39.6. The molecule has 0 aromatic heterocycles. The van der Waals surface area contributed by atoms with Gasteiger partial charge in [-0.3, -0.25) is 0 Å². The maximum atomic E-state index is 11.9. The van der Waals surface area contributed by atoms with Crippen molar-refractivity contribution in [1.29, 1.82) is 0 Å². The largest absolute Gasteiger partial charge is 0.491 e. The highest BCUT2D eigenvalue weighted by Gasteiger charge is 2.20. The van der Waals surface area contributed by atoms with Crippen molar-refractivity contribution in [2.75, 3.05) is 33.0 Å². The highest BCUT2D eigenvalue weighted by atomic mass is 16.6. The van der Waals surface area contributed by atoms with E-state index in [2.05, 4.69) is 22.5 Å². The number of alkyl carbamates (subject to hydrolysis) is 2. The van der Waals surface area contributed by atoms with Gasteiger partial charge in [0, 0.05) is 12.1 Å². The minimum atomic E-state index is -0.541. The van der Waals surface area contributed by atoms with Crippen molar-refractivity contribution in [1.82, 2.24) is 10.6 Å². The quantitative estimate of drug-likeness (QED) is 0.124. The third-order valence-electron chi connectivity index (χ3n) is 6.77. The standard InChI is InChI=1S/C18H29NO4.C18H25NO4.C4H11NO/c2*1-5-15(19-17(21)23-18(2,3)4)11-10-14-8-6-7-9-16(14)22-13-12-20;1-2-4(5)3-6/h6-9,15,20H,5,10-13H2,1-4H3,(H,19,21);6-9,15,20H,5,12-13H2,1-4H3,(H,19,21);4,6H,2-3,5H2,1H3/t2*15-;4-/m000/s1. The van der Waals surface area contributed by atoms with Gasteiger partial charge >= 0.3 is 12.2 Å². The monoisotopic (exact) mass is 731 g/mol. The van der Waals surface area contributed by atoms with Crippen LogP contribution in [0.15, 0.2) is 48.5 Å². The molecule has 12 heteroatoms. The zero-order valence-electron chi connectivity index (χ0n) is 32.8. The zero-order valence-corrected chi connectivity index (χ0v) is 32.8. The summed E-state index contributed by atoms with van der Waals surface area (Å²) in [6, 6.07) is 14.8. The lowest BCUT2D eigenvalue weighted by Gasteiger charge is -2.23. The topological polar surface area (TPSA) is 182 Å². The van der Waals surface area contributed by atoms with Crippen LogP contribution >= 0.6 is 0 Å². The summed E-state index contributed by atoms with van der Waals surface area (Å²) >= 11 is 0. The number of aliphatic hydroxyl groups excluding tert-OH is 3. The molecule has 52 heavy (non-hydrogen) atoms. The fourth-order valence-corrected chi connectivity index (χ4v) is 4.02. The summed E-state index contributed by atoms with van der Waals surface area (Å²) in [6.45, 7) is 17.4. The Kier molecular flexibility index (Phi) is 24.6. The molecule has 0 fully saturated rings. The van der Waals surface area contributed by atoms with Crippen LogP contribution in [0.4, 0.5) is 9.59 Å². The minimum absolute atomic E-state index is 0.00782. The number of hydrogen-bond donors (Lipinski definition) is 6. The first kappa shape index (κ1) is 48.0. The van der Waals surface area contributed by atoms with E-state index in [0.29, 0.717) is 17.7 Å². The molecule has 294 valence electrons. The third kappa shape index (κ3) is 24.2. The van der Waals surface area contributed by atoms with E-state index in [9.17, 15) is 9.59 Å². The van der Waals surface area contributed by atoms with Crippen molar-refractivity contribution in [3.05, 3.63) is 59.7 Å². The molecule has 2 amide bonds. The van der Waals surface area contributed by atoms with Gasteiger partial charge < -0.3 is 50.6 Å². The second-order valence-corrected chi connectivity index (χ2v) is 13.8. The van der Waals surface area contributed by atoms with Crippen LogP contribution in [0.1, 0.15) is 99.1 Å². The van der Waals surface area contributed by atoms with Gasteiger partial charge in [0.15, 0.2) is 0 Å². The van der Waals surface area contributed by atoms with E-state index in [0.717, 1.165) is 37.0 Å². The second kappa shape index (κ2) is 26.7. The van der Waals surface area contributed by atoms with Gasteiger partial charge in [-0.25, -0.2) is 9.59 Å². The van der Waals surface area contributed by atoms with Crippen molar-refractivity contribution < 1.29 is 43.9 Å². The van der Waals surface area contributed by atoms with Crippen molar-refractivity contribution in [2.45, 2.75) is 124 Å². The molecule has 0 bridgehead atoms.